The topological polar surface area (TPSA) is 35.2 Å². The number of hydrogen-bond donors (Lipinski definition) is 1. The lowest BCUT2D eigenvalue weighted by molar-refractivity contribution is 0.0333. The molecule has 1 saturated carbocycles. The van der Waals surface area contributed by atoms with Gasteiger partial charge in [-0.05, 0) is 31.9 Å². The van der Waals surface area contributed by atoms with Crippen molar-refractivity contribution in [1.82, 2.24) is 15.1 Å². The van der Waals surface area contributed by atoms with E-state index in [1.807, 2.05) is 23.1 Å². The number of aromatic amines is 1. The smallest absolute Gasteiger partial charge is 0.160 e. The largest absolute Gasteiger partial charge is 0.346 e. The van der Waals surface area contributed by atoms with Crippen LogP contribution in [0.15, 0.2) is 18.2 Å². The number of piperazine rings is 1. The van der Waals surface area contributed by atoms with Gasteiger partial charge in [0.15, 0.2) is 5.82 Å². The van der Waals surface area contributed by atoms with Gasteiger partial charge in [-0.15, -0.1) is 0 Å². The summed E-state index contributed by atoms with van der Waals surface area (Å²) in [5.41, 5.74) is -0.189. The molecular formula is C17H21ClF2N4. The van der Waals surface area contributed by atoms with Crippen LogP contribution in [0.4, 0.5) is 14.6 Å². The third-order valence-corrected chi connectivity index (χ3v) is 5.91. The average Bonchev–Trinajstić information content (AvgIpc) is 3.21. The monoisotopic (exact) mass is 354 g/mol. The molecular weight excluding hydrogens is 334 g/mol. The molecule has 1 spiro atoms. The van der Waals surface area contributed by atoms with Crippen LogP contribution in [0.5, 0.6) is 0 Å². The van der Waals surface area contributed by atoms with E-state index in [2.05, 4.69) is 15.1 Å². The minimum atomic E-state index is -1.02. The highest BCUT2D eigenvalue weighted by Gasteiger charge is 2.54. The van der Waals surface area contributed by atoms with E-state index in [0.29, 0.717) is 24.7 Å². The van der Waals surface area contributed by atoms with Crippen molar-refractivity contribution in [3.63, 3.8) is 0 Å². The number of fused-ring (bicyclic) bond motifs is 1. The maximum absolute atomic E-state index is 13.4. The van der Waals surface area contributed by atoms with E-state index < -0.39 is 18.9 Å². The second-order valence-corrected chi connectivity index (χ2v) is 7.68. The molecule has 0 amide bonds. The summed E-state index contributed by atoms with van der Waals surface area (Å²) >= 11 is 6.39. The van der Waals surface area contributed by atoms with Crippen molar-refractivity contribution in [3.8, 4) is 0 Å². The van der Waals surface area contributed by atoms with Crippen LogP contribution in [0.1, 0.15) is 19.8 Å². The molecule has 0 atom stereocenters. The van der Waals surface area contributed by atoms with Gasteiger partial charge >= 0.3 is 0 Å². The van der Waals surface area contributed by atoms with E-state index in [4.69, 9.17) is 11.6 Å². The summed E-state index contributed by atoms with van der Waals surface area (Å²) in [6, 6.07) is 5.71. The van der Waals surface area contributed by atoms with Crippen molar-refractivity contribution < 1.29 is 8.78 Å². The highest BCUT2D eigenvalue weighted by Crippen LogP contribution is 2.49. The average molecular weight is 355 g/mol. The lowest BCUT2D eigenvalue weighted by Crippen LogP contribution is -2.63. The predicted octanol–water partition coefficient (Wildman–Crippen LogP) is 3.57. The number of anilines is 1. The molecule has 1 aliphatic carbocycles. The molecule has 7 heteroatoms. The first-order chi connectivity index (χ1) is 11.5. The molecule has 1 aliphatic heterocycles. The Morgan fingerprint density at radius 1 is 1.29 bits per heavy atom. The first kappa shape index (κ1) is 16.1. The number of nitrogens with zero attached hydrogens (tertiary/aromatic N) is 3. The van der Waals surface area contributed by atoms with Gasteiger partial charge in [-0.2, -0.15) is 5.10 Å². The zero-order chi connectivity index (χ0) is 16.9. The van der Waals surface area contributed by atoms with Gasteiger partial charge in [0.2, 0.25) is 0 Å². The van der Waals surface area contributed by atoms with Crippen LogP contribution in [0.2, 0.25) is 5.02 Å². The van der Waals surface area contributed by atoms with Gasteiger partial charge in [0, 0.05) is 19.6 Å². The second kappa shape index (κ2) is 5.56. The van der Waals surface area contributed by atoms with Crippen molar-refractivity contribution in [1.29, 1.82) is 0 Å². The van der Waals surface area contributed by atoms with E-state index in [1.165, 1.54) is 0 Å². The molecule has 1 N–H and O–H groups in total. The number of nitrogens with one attached hydrogen (secondary N) is 1. The first-order valence-electron chi connectivity index (χ1n) is 8.30. The minimum absolute atomic E-state index is 0.0782. The Morgan fingerprint density at radius 2 is 2.04 bits per heavy atom. The highest BCUT2D eigenvalue weighted by molar-refractivity contribution is 6.36. The molecule has 2 heterocycles. The fourth-order valence-corrected chi connectivity index (χ4v) is 4.01. The maximum Gasteiger partial charge on any atom is 0.160 e. The Morgan fingerprint density at radius 3 is 2.71 bits per heavy atom. The van der Waals surface area contributed by atoms with Crippen molar-refractivity contribution >= 4 is 28.3 Å². The van der Waals surface area contributed by atoms with Crippen LogP contribution in [-0.2, 0) is 0 Å². The van der Waals surface area contributed by atoms with Gasteiger partial charge in [-0.25, -0.2) is 8.78 Å². The lowest BCUT2D eigenvalue weighted by Gasteiger charge is -2.48. The van der Waals surface area contributed by atoms with Crippen LogP contribution >= 0.6 is 11.6 Å². The predicted molar refractivity (Wildman–Crippen MR) is 92.3 cm³/mol. The first-order valence-corrected chi connectivity index (χ1v) is 8.68. The molecule has 130 valence electrons. The van der Waals surface area contributed by atoms with E-state index >= 15 is 0 Å². The summed E-state index contributed by atoms with van der Waals surface area (Å²) in [6.45, 7) is 2.30. The van der Waals surface area contributed by atoms with Crippen molar-refractivity contribution in [3.05, 3.63) is 23.2 Å². The van der Waals surface area contributed by atoms with E-state index in [9.17, 15) is 8.78 Å². The quantitative estimate of drug-likeness (QED) is 0.911. The Balaban J connectivity index is 1.67. The number of alkyl halides is 2. The van der Waals surface area contributed by atoms with Crippen LogP contribution in [0.25, 0.3) is 10.9 Å². The molecule has 1 aromatic carbocycles. The molecule has 1 aromatic heterocycles. The van der Waals surface area contributed by atoms with Gasteiger partial charge in [0.25, 0.3) is 0 Å². The van der Waals surface area contributed by atoms with Gasteiger partial charge in [-0.1, -0.05) is 17.7 Å². The molecule has 4 rings (SSSR count). The Kier molecular flexibility index (Phi) is 3.73. The van der Waals surface area contributed by atoms with Crippen molar-refractivity contribution in [2.24, 2.45) is 0 Å². The molecule has 0 bridgehead atoms. The highest BCUT2D eigenvalue weighted by atomic mass is 35.5. The maximum atomic E-state index is 13.4. The third kappa shape index (κ3) is 2.30. The van der Waals surface area contributed by atoms with Crippen molar-refractivity contribution in [2.75, 3.05) is 37.9 Å². The van der Waals surface area contributed by atoms with Gasteiger partial charge in [0.1, 0.15) is 13.3 Å². The summed E-state index contributed by atoms with van der Waals surface area (Å²) < 4.78 is 26.8. The minimum Gasteiger partial charge on any atom is -0.346 e. The fraction of sp³-hybridized carbons (Fsp3) is 0.588. The number of aromatic nitrogens is 2. The summed E-state index contributed by atoms with van der Waals surface area (Å²) in [5, 5.41) is 9.14. The Bertz CT molecular complexity index is 754. The number of hydrogen-bond acceptors (Lipinski definition) is 3. The molecule has 2 fully saturated rings. The standard InChI is InChI=1S/C17H21ClF2N4/c1-16(9-19,10-20)23-7-8-24(17(11-23)5-6-17)15-14-12(18)3-2-4-13(14)21-22-15/h2-4H,5-11H2,1H3,(H,21,22). The SMILES string of the molecule is CC(CF)(CF)N1CCN(c2n[nH]c3cccc(Cl)c23)C2(CC2)C1. The fourth-order valence-electron chi connectivity index (χ4n) is 3.75. The zero-order valence-electron chi connectivity index (χ0n) is 13.7. The summed E-state index contributed by atoms with van der Waals surface area (Å²) in [7, 11) is 0. The number of halogens is 3. The van der Waals surface area contributed by atoms with E-state index in [1.54, 1.807) is 6.92 Å². The van der Waals surface area contributed by atoms with Gasteiger partial charge < -0.3 is 4.90 Å². The van der Waals surface area contributed by atoms with Crippen LogP contribution < -0.4 is 4.90 Å². The summed E-state index contributed by atoms with van der Waals surface area (Å²) in [5.74, 6) is 0.856. The molecule has 2 aromatic rings. The van der Waals surface area contributed by atoms with Crippen molar-refractivity contribution in [2.45, 2.75) is 30.8 Å². The zero-order valence-corrected chi connectivity index (χ0v) is 14.4. The van der Waals surface area contributed by atoms with Crippen LogP contribution in [-0.4, -0.2) is 59.2 Å². The van der Waals surface area contributed by atoms with Crippen LogP contribution in [0, 0.1) is 0 Å². The molecule has 2 aliphatic rings. The van der Waals surface area contributed by atoms with E-state index in [-0.39, 0.29) is 5.54 Å². The second-order valence-electron chi connectivity index (χ2n) is 7.27. The molecule has 24 heavy (non-hydrogen) atoms. The van der Waals surface area contributed by atoms with Crippen LogP contribution in [0.3, 0.4) is 0 Å². The molecule has 0 radical (unpaired) electrons. The summed E-state index contributed by atoms with van der Waals surface area (Å²) in [6.07, 6.45) is 2.02. The molecule has 4 nitrogen and oxygen atoms in total. The number of H-pyrrole nitrogens is 1. The van der Waals surface area contributed by atoms with Gasteiger partial charge in [0.05, 0.1) is 27.0 Å². The molecule has 0 unspecified atom stereocenters. The lowest BCUT2D eigenvalue weighted by atomic mass is 9.99. The summed E-state index contributed by atoms with van der Waals surface area (Å²) in [4.78, 5) is 4.25. The third-order valence-electron chi connectivity index (χ3n) is 5.59. The Labute approximate surface area is 144 Å². The number of benzene rings is 1. The number of rotatable bonds is 4. The van der Waals surface area contributed by atoms with E-state index in [0.717, 1.165) is 29.6 Å². The Hall–Kier alpha value is -1.40. The normalized spacial score (nSPS) is 20.9. The van der Waals surface area contributed by atoms with Gasteiger partial charge in [-0.3, -0.25) is 10.00 Å². The molecule has 1 saturated heterocycles.